The lowest BCUT2D eigenvalue weighted by atomic mass is 10.0. The van der Waals surface area contributed by atoms with Crippen LogP contribution in [0.1, 0.15) is 30.3 Å². The van der Waals surface area contributed by atoms with Crippen LogP contribution >= 0.6 is 0 Å². The van der Waals surface area contributed by atoms with Gasteiger partial charge in [-0.15, -0.1) is 0 Å². The summed E-state index contributed by atoms with van der Waals surface area (Å²) in [6.07, 6.45) is 5.68. The van der Waals surface area contributed by atoms with Crippen molar-refractivity contribution in [3.8, 4) is 5.75 Å². The average Bonchev–Trinajstić information content (AvgIpc) is 3.23. The van der Waals surface area contributed by atoms with Crippen molar-refractivity contribution in [2.45, 2.75) is 24.9 Å². The van der Waals surface area contributed by atoms with E-state index < -0.39 is 0 Å². The van der Waals surface area contributed by atoms with Gasteiger partial charge in [0.15, 0.2) is 0 Å². The number of carbonyl (C=O) groups is 1. The second kappa shape index (κ2) is 6.09. The van der Waals surface area contributed by atoms with E-state index in [4.69, 9.17) is 4.74 Å². The molecule has 1 saturated carbocycles. The Morgan fingerprint density at radius 3 is 2.82 bits per heavy atom. The topological polar surface area (TPSA) is 68.2 Å². The normalized spacial score (nSPS) is 15.2. The van der Waals surface area contributed by atoms with Gasteiger partial charge in [-0.2, -0.15) is 0 Å². The lowest BCUT2D eigenvalue weighted by Gasteiger charge is -2.21. The Morgan fingerprint density at radius 2 is 2.18 bits per heavy atom. The molecule has 1 aliphatic rings. The highest BCUT2D eigenvalue weighted by Crippen LogP contribution is 2.29. The Morgan fingerprint density at radius 1 is 1.41 bits per heavy atom. The van der Waals surface area contributed by atoms with Crippen molar-refractivity contribution in [1.29, 1.82) is 0 Å². The van der Waals surface area contributed by atoms with Crippen LogP contribution in [-0.2, 0) is 7.05 Å². The highest BCUT2D eigenvalue weighted by atomic mass is 16.5. The van der Waals surface area contributed by atoms with E-state index in [-0.39, 0.29) is 12.1 Å². The van der Waals surface area contributed by atoms with E-state index in [1.165, 1.54) is 0 Å². The number of methoxy groups -OCH3 is 1. The van der Waals surface area contributed by atoms with Gasteiger partial charge in [-0.25, -0.2) is 9.78 Å². The third-order valence-electron chi connectivity index (χ3n) is 3.75. The number of nitrogens with one attached hydrogen (secondary N) is 2. The number of urea groups is 1. The van der Waals surface area contributed by atoms with E-state index in [0.29, 0.717) is 6.04 Å². The maximum absolute atomic E-state index is 12.2. The first-order valence-electron chi connectivity index (χ1n) is 7.36. The molecule has 116 valence electrons. The molecule has 22 heavy (non-hydrogen) atoms. The zero-order valence-corrected chi connectivity index (χ0v) is 12.7. The summed E-state index contributed by atoms with van der Waals surface area (Å²) >= 11 is 0. The van der Waals surface area contributed by atoms with Gasteiger partial charge in [0.25, 0.3) is 0 Å². The summed E-state index contributed by atoms with van der Waals surface area (Å²) in [6.45, 7) is 0. The Hall–Kier alpha value is -2.50. The SMILES string of the molecule is COc1ccccc1[C@H](NC(=O)NC1CC1)c1nccn1C. The number of hydrogen-bond acceptors (Lipinski definition) is 3. The highest BCUT2D eigenvalue weighted by molar-refractivity contribution is 5.75. The molecule has 1 heterocycles. The van der Waals surface area contributed by atoms with Crippen molar-refractivity contribution in [3.05, 3.63) is 48.0 Å². The van der Waals surface area contributed by atoms with Crippen LogP contribution in [0.3, 0.4) is 0 Å². The van der Waals surface area contributed by atoms with Gasteiger partial charge >= 0.3 is 6.03 Å². The van der Waals surface area contributed by atoms with Crippen LogP contribution in [-0.4, -0.2) is 28.7 Å². The predicted octanol–water partition coefficient (Wildman–Crippen LogP) is 1.98. The van der Waals surface area contributed by atoms with Gasteiger partial charge in [0.05, 0.1) is 7.11 Å². The minimum atomic E-state index is -0.366. The van der Waals surface area contributed by atoms with E-state index in [1.54, 1.807) is 13.3 Å². The van der Waals surface area contributed by atoms with E-state index in [2.05, 4.69) is 15.6 Å². The lowest BCUT2D eigenvalue weighted by molar-refractivity contribution is 0.237. The Balaban J connectivity index is 1.91. The Kier molecular flexibility index (Phi) is 4.00. The van der Waals surface area contributed by atoms with Crippen molar-refractivity contribution in [2.75, 3.05) is 7.11 Å². The van der Waals surface area contributed by atoms with Crippen LogP contribution in [0.15, 0.2) is 36.7 Å². The second-order valence-corrected chi connectivity index (χ2v) is 5.46. The minimum absolute atomic E-state index is 0.179. The number of aryl methyl sites for hydroxylation is 1. The zero-order valence-electron chi connectivity index (χ0n) is 12.7. The van der Waals surface area contributed by atoms with Crippen molar-refractivity contribution in [1.82, 2.24) is 20.2 Å². The quantitative estimate of drug-likeness (QED) is 0.887. The fraction of sp³-hybridized carbons (Fsp3) is 0.375. The van der Waals surface area contributed by atoms with Gasteiger partial charge in [-0.3, -0.25) is 0 Å². The summed E-state index contributed by atoms with van der Waals surface area (Å²) in [5, 5.41) is 5.95. The number of benzene rings is 1. The third kappa shape index (κ3) is 3.05. The van der Waals surface area contributed by atoms with Crippen LogP contribution in [0.25, 0.3) is 0 Å². The zero-order chi connectivity index (χ0) is 15.5. The van der Waals surface area contributed by atoms with Crippen molar-refractivity contribution >= 4 is 6.03 Å². The monoisotopic (exact) mass is 300 g/mol. The molecule has 1 aromatic heterocycles. The van der Waals surface area contributed by atoms with Crippen LogP contribution < -0.4 is 15.4 Å². The molecule has 1 aliphatic carbocycles. The molecule has 1 aromatic carbocycles. The fourth-order valence-corrected chi connectivity index (χ4v) is 2.43. The molecule has 3 rings (SSSR count). The first-order valence-corrected chi connectivity index (χ1v) is 7.36. The number of imidazole rings is 1. The number of rotatable bonds is 5. The standard InChI is InChI=1S/C16H20N4O2/c1-20-10-9-17-15(20)14(19-16(21)18-11-7-8-11)12-5-3-4-6-13(12)22-2/h3-6,9-11,14H,7-8H2,1-2H3,(H2,18,19,21)/t14-/m0/s1. The maximum Gasteiger partial charge on any atom is 0.315 e. The number of carbonyl (C=O) groups excluding carboxylic acids is 1. The number of aromatic nitrogens is 2. The summed E-state index contributed by atoms with van der Waals surface area (Å²) in [7, 11) is 3.53. The predicted molar refractivity (Wildman–Crippen MR) is 82.7 cm³/mol. The van der Waals surface area contributed by atoms with Crippen LogP contribution in [0, 0.1) is 0 Å². The third-order valence-corrected chi connectivity index (χ3v) is 3.75. The first kappa shape index (κ1) is 14.4. The average molecular weight is 300 g/mol. The van der Waals surface area contributed by atoms with Crippen molar-refractivity contribution < 1.29 is 9.53 Å². The van der Waals surface area contributed by atoms with Crippen LogP contribution in [0.4, 0.5) is 4.79 Å². The van der Waals surface area contributed by atoms with Gasteiger partial charge in [-0.05, 0) is 18.9 Å². The summed E-state index contributed by atoms with van der Waals surface area (Å²) in [6, 6.07) is 7.41. The second-order valence-electron chi connectivity index (χ2n) is 5.46. The van der Waals surface area contributed by atoms with E-state index in [1.807, 2.05) is 42.1 Å². The molecule has 0 spiro atoms. The van der Waals surface area contributed by atoms with Crippen molar-refractivity contribution in [3.63, 3.8) is 0 Å². The first-order chi connectivity index (χ1) is 10.7. The van der Waals surface area contributed by atoms with Crippen LogP contribution in [0.2, 0.25) is 0 Å². The van der Waals surface area contributed by atoms with E-state index >= 15 is 0 Å². The van der Waals surface area contributed by atoms with Crippen LogP contribution in [0.5, 0.6) is 5.75 Å². The molecule has 6 nitrogen and oxygen atoms in total. The maximum atomic E-state index is 12.2. The molecule has 2 aromatic rings. The fourth-order valence-electron chi connectivity index (χ4n) is 2.43. The van der Waals surface area contributed by atoms with Gasteiger partial charge in [0.1, 0.15) is 17.6 Å². The molecule has 2 amide bonds. The van der Waals surface area contributed by atoms with Gasteiger partial charge in [-0.1, -0.05) is 18.2 Å². The molecule has 0 bridgehead atoms. The largest absolute Gasteiger partial charge is 0.496 e. The lowest BCUT2D eigenvalue weighted by Crippen LogP contribution is -2.40. The Bertz CT molecular complexity index is 664. The summed E-state index contributed by atoms with van der Waals surface area (Å²) in [5.74, 6) is 1.48. The number of hydrogen-bond donors (Lipinski definition) is 2. The molecular formula is C16H20N4O2. The number of para-hydroxylation sites is 1. The molecule has 0 aliphatic heterocycles. The van der Waals surface area contributed by atoms with E-state index in [0.717, 1.165) is 30.0 Å². The van der Waals surface area contributed by atoms with E-state index in [9.17, 15) is 4.79 Å². The summed E-state index contributed by atoms with van der Waals surface area (Å²) in [4.78, 5) is 16.6. The Labute approximate surface area is 129 Å². The number of ether oxygens (including phenoxy) is 1. The molecule has 0 unspecified atom stereocenters. The van der Waals surface area contributed by atoms with Crippen molar-refractivity contribution in [2.24, 2.45) is 7.05 Å². The van der Waals surface area contributed by atoms with Gasteiger partial charge in [0.2, 0.25) is 0 Å². The summed E-state index contributed by atoms with van der Waals surface area (Å²) < 4.78 is 7.33. The summed E-state index contributed by atoms with van der Waals surface area (Å²) in [5.41, 5.74) is 0.880. The molecule has 0 saturated heterocycles. The molecule has 0 radical (unpaired) electrons. The molecule has 6 heteroatoms. The number of nitrogens with zero attached hydrogens (tertiary/aromatic N) is 2. The molecular weight excluding hydrogens is 280 g/mol. The smallest absolute Gasteiger partial charge is 0.315 e. The molecule has 1 atom stereocenters. The minimum Gasteiger partial charge on any atom is -0.496 e. The molecule has 2 N–H and O–H groups in total. The van der Waals surface area contributed by atoms with Gasteiger partial charge in [0, 0.05) is 31.0 Å². The highest BCUT2D eigenvalue weighted by Gasteiger charge is 2.27. The number of amides is 2. The molecule has 1 fully saturated rings. The van der Waals surface area contributed by atoms with Gasteiger partial charge < -0.3 is 19.9 Å².